The molecule has 4 aliphatic rings. The number of anilines is 2. The Morgan fingerprint density at radius 3 is 2.61 bits per heavy atom. The first-order valence-electron chi connectivity index (χ1n) is 13.0. The molecule has 0 aromatic heterocycles. The fourth-order valence-corrected chi connectivity index (χ4v) is 9.66. The van der Waals surface area contributed by atoms with Crippen molar-refractivity contribution in [3.8, 4) is 0 Å². The molecule has 2 N–H and O–H groups in total. The fourth-order valence-electron chi connectivity index (χ4n) is 7.10. The minimum Gasteiger partial charge on any atom is -0.432 e. The van der Waals surface area contributed by atoms with Crippen LogP contribution in [-0.2, 0) is 24.7 Å². The molecule has 1 spiro atoms. The van der Waals surface area contributed by atoms with Gasteiger partial charge >= 0.3 is 0 Å². The summed E-state index contributed by atoms with van der Waals surface area (Å²) >= 11 is 0. The van der Waals surface area contributed by atoms with Crippen molar-refractivity contribution in [1.82, 2.24) is 4.90 Å². The summed E-state index contributed by atoms with van der Waals surface area (Å²) in [5.41, 5.74) is 0.496. The number of rotatable bonds is 5. The van der Waals surface area contributed by atoms with Crippen molar-refractivity contribution in [3.05, 3.63) is 23.8 Å². The van der Waals surface area contributed by atoms with E-state index in [2.05, 4.69) is 0 Å². The van der Waals surface area contributed by atoms with Gasteiger partial charge in [-0.15, -0.1) is 0 Å². The summed E-state index contributed by atoms with van der Waals surface area (Å²) in [6.07, 6.45) is 2.36. The van der Waals surface area contributed by atoms with Crippen LogP contribution in [0.25, 0.3) is 0 Å². The van der Waals surface area contributed by atoms with Crippen LogP contribution < -0.4 is 9.80 Å². The molecule has 3 amide bonds. The molecule has 9 nitrogen and oxygen atoms in total. The van der Waals surface area contributed by atoms with E-state index in [0.29, 0.717) is 25.1 Å². The standard InChI is InChI=1S/C26H37N3O6Si/c1-16-24(36(3,4)34)21(14-23(32)29-11-5-7-18(29)15-30)35-26(16)19-13-17(28-12-6-8-22(28)31)9-10-20(19)27(2)25(26)33/h9-10,13,16,18,21,24,30,34H,5-8,11-12,14-15H2,1-4H3/t16-,18+,21+,24-,26+/m1/s1. The van der Waals surface area contributed by atoms with Crippen molar-refractivity contribution >= 4 is 37.4 Å². The van der Waals surface area contributed by atoms with Gasteiger partial charge in [0, 0.05) is 49.3 Å². The van der Waals surface area contributed by atoms with Gasteiger partial charge < -0.3 is 29.3 Å². The van der Waals surface area contributed by atoms with Gasteiger partial charge in [-0.3, -0.25) is 14.4 Å². The van der Waals surface area contributed by atoms with Crippen molar-refractivity contribution < 1.29 is 29.0 Å². The van der Waals surface area contributed by atoms with Crippen LogP contribution in [0.3, 0.4) is 0 Å². The third kappa shape index (κ3) is 3.72. The molecule has 5 atom stereocenters. The second kappa shape index (κ2) is 8.93. The molecule has 10 heteroatoms. The lowest BCUT2D eigenvalue weighted by atomic mass is 9.82. The number of fused-ring (bicyclic) bond motifs is 2. The van der Waals surface area contributed by atoms with Gasteiger partial charge in [-0.05, 0) is 50.6 Å². The second-order valence-corrected chi connectivity index (χ2v) is 15.3. The highest BCUT2D eigenvalue weighted by Gasteiger charge is 2.66. The summed E-state index contributed by atoms with van der Waals surface area (Å²) in [5, 5.41) is 9.71. The molecule has 196 valence electrons. The zero-order valence-corrected chi connectivity index (χ0v) is 22.6. The first kappa shape index (κ1) is 25.4. The number of benzene rings is 1. The van der Waals surface area contributed by atoms with Gasteiger partial charge in [0.05, 0.1) is 30.9 Å². The largest absolute Gasteiger partial charge is 0.432 e. The van der Waals surface area contributed by atoms with Crippen LogP contribution in [0.4, 0.5) is 11.4 Å². The number of ether oxygens (including phenoxy) is 1. The molecule has 36 heavy (non-hydrogen) atoms. The quantitative estimate of drug-likeness (QED) is 0.580. The maximum atomic E-state index is 13.9. The zero-order valence-electron chi connectivity index (χ0n) is 21.6. The summed E-state index contributed by atoms with van der Waals surface area (Å²) in [4.78, 5) is 56.1. The Labute approximate surface area is 213 Å². The predicted octanol–water partition coefficient (Wildman–Crippen LogP) is 1.96. The van der Waals surface area contributed by atoms with E-state index in [1.54, 1.807) is 21.7 Å². The highest BCUT2D eigenvalue weighted by atomic mass is 28.4. The molecule has 0 aliphatic carbocycles. The molecule has 5 rings (SSSR count). The Morgan fingerprint density at radius 1 is 1.22 bits per heavy atom. The molecule has 0 saturated carbocycles. The van der Waals surface area contributed by atoms with Crippen LogP contribution in [0.15, 0.2) is 18.2 Å². The van der Waals surface area contributed by atoms with E-state index in [1.165, 1.54) is 0 Å². The van der Waals surface area contributed by atoms with Crippen LogP contribution in [0.2, 0.25) is 18.6 Å². The van der Waals surface area contributed by atoms with Crippen LogP contribution in [-0.4, -0.2) is 79.7 Å². The SMILES string of the molecule is C[C@@H]1[C@@H]([Si](C)(C)O)[C@H](CC(=O)N2CCC[C@H]2CO)O[C@@]12C(=O)N(C)c1ccc(N3CCCC3=O)cc12. The number of likely N-dealkylation sites (tertiary alicyclic amines) is 1. The molecule has 0 unspecified atom stereocenters. The number of hydrogen-bond acceptors (Lipinski definition) is 6. The van der Waals surface area contributed by atoms with Crippen molar-refractivity contribution in [2.75, 3.05) is 36.5 Å². The molecule has 3 fully saturated rings. The van der Waals surface area contributed by atoms with E-state index in [1.807, 2.05) is 38.2 Å². The number of carbonyl (C=O) groups excluding carboxylic acids is 3. The molecule has 1 aromatic rings. The Bertz CT molecular complexity index is 1090. The number of hydrogen-bond donors (Lipinski definition) is 2. The van der Waals surface area contributed by atoms with E-state index in [-0.39, 0.29) is 48.3 Å². The Morgan fingerprint density at radius 2 is 1.97 bits per heavy atom. The third-order valence-corrected chi connectivity index (χ3v) is 11.3. The van der Waals surface area contributed by atoms with Crippen LogP contribution in [0.5, 0.6) is 0 Å². The molecule has 1 aromatic carbocycles. The number of carbonyl (C=O) groups is 3. The Balaban J connectivity index is 1.54. The average Bonchev–Trinajstić information content (AvgIpc) is 3.57. The molecule has 0 bridgehead atoms. The molecule has 4 aliphatic heterocycles. The molecular weight excluding hydrogens is 478 g/mol. The van der Waals surface area contributed by atoms with E-state index >= 15 is 0 Å². The number of aliphatic hydroxyl groups excluding tert-OH is 1. The van der Waals surface area contributed by atoms with Gasteiger partial charge in [-0.25, -0.2) is 0 Å². The first-order chi connectivity index (χ1) is 17.0. The lowest BCUT2D eigenvalue weighted by Gasteiger charge is -2.32. The van der Waals surface area contributed by atoms with Crippen LogP contribution in [0, 0.1) is 5.92 Å². The normalized spacial score (nSPS) is 32.3. The maximum absolute atomic E-state index is 13.9. The lowest BCUT2D eigenvalue weighted by molar-refractivity contribution is -0.149. The van der Waals surface area contributed by atoms with Crippen molar-refractivity contribution in [1.29, 1.82) is 0 Å². The lowest BCUT2D eigenvalue weighted by Crippen LogP contribution is -2.45. The first-order valence-corrected chi connectivity index (χ1v) is 16.1. The number of likely N-dealkylation sites (N-methyl/N-ethyl adjacent to an activating group) is 1. The molecular formula is C26H37N3O6Si. The van der Waals surface area contributed by atoms with Crippen molar-refractivity contribution in [2.45, 2.75) is 75.4 Å². The average molecular weight is 516 g/mol. The third-order valence-electron chi connectivity index (χ3n) is 8.77. The van der Waals surface area contributed by atoms with Gasteiger partial charge in [0.2, 0.25) is 11.8 Å². The molecule has 4 heterocycles. The van der Waals surface area contributed by atoms with E-state index in [4.69, 9.17) is 4.74 Å². The van der Waals surface area contributed by atoms with Gasteiger partial charge in [-0.1, -0.05) is 6.92 Å². The minimum atomic E-state index is -2.88. The highest BCUT2D eigenvalue weighted by molar-refractivity contribution is 6.71. The zero-order chi connectivity index (χ0) is 26.0. The summed E-state index contributed by atoms with van der Waals surface area (Å²) in [6.45, 7) is 6.79. The summed E-state index contributed by atoms with van der Waals surface area (Å²) in [6, 6.07) is 5.44. The van der Waals surface area contributed by atoms with Gasteiger partial charge in [-0.2, -0.15) is 0 Å². The second-order valence-electron chi connectivity index (χ2n) is 11.3. The summed E-state index contributed by atoms with van der Waals surface area (Å²) < 4.78 is 6.68. The van der Waals surface area contributed by atoms with Gasteiger partial charge in [0.1, 0.15) is 0 Å². The Kier molecular flexibility index (Phi) is 6.30. The van der Waals surface area contributed by atoms with Gasteiger partial charge in [0.25, 0.3) is 5.91 Å². The summed E-state index contributed by atoms with van der Waals surface area (Å²) in [5.74, 6) is -0.617. The number of aliphatic hydroxyl groups is 1. The maximum Gasteiger partial charge on any atom is 0.264 e. The van der Waals surface area contributed by atoms with Crippen LogP contribution in [0.1, 0.15) is 44.6 Å². The van der Waals surface area contributed by atoms with Crippen molar-refractivity contribution in [3.63, 3.8) is 0 Å². The van der Waals surface area contributed by atoms with Crippen molar-refractivity contribution in [2.24, 2.45) is 5.92 Å². The number of nitrogens with zero attached hydrogens (tertiary/aromatic N) is 3. The fraction of sp³-hybridized carbons (Fsp3) is 0.654. The minimum absolute atomic E-state index is 0.0564. The number of amides is 3. The molecule has 0 radical (unpaired) electrons. The van der Waals surface area contributed by atoms with Crippen LogP contribution >= 0.6 is 0 Å². The highest BCUT2D eigenvalue weighted by Crippen LogP contribution is 2.59. The smallest absolute Gasteiger partial charge is 0.264 e. The molecule has 3 saturated heterocycles. The van der Waals surface area contributed by atoms with E-state index < -0.39 is 20.0 Å². The van der Waals surface area contributed by atoms with E-state index in [0.717, 1.165) is 30.6 Å². The van der Waals surface area contributed by atoms with E-state index in [9.17, 15) is 24.3 Å². The summed E-state index contributed by atoms with van der Waals surface area (Å²) in [7, 11) is -1.16. The topological polar surface area (TPSA) is 111 Å². The predicted molar refractivity (Wildman–Crippen MR) is 137 cm³/mol. The Hall–Kier alpha value is -2.27. The van der Waals surface area contributed by atoms with Gasteiger partial charge in [0.15, 0.2) is 13.9 Å². The monoisotopic (exact) mass is 515 g/mol.